The van der Waals surface area contributed by atoms with E-state index >= 15 is 0 Å². The van der Waals surface area contributed by atoms with Gasteiger partial charge in [-0.2, -0.15) is 0 Å². The van der Waals surface area contributed by atoms with Crippen LogP contribution in [0, 0.1) is 6.92 Å². The van der Waals surface area contributed by atoms with E-state index in [4.69, 9.17) is 27.9 Å². The molecule has 1 amide bonds. The Bertz CT molecular complexity index is 1180. The number of ether oxygens (including phenoxy) is 1. The lowest BCUT2D eigenvalue weighted by atomic mass is 10.1. The van der Waals surface area contributed by atoms with Gasteiger partial charge in [-0.05, 0) is 79.1 Å². The molecule has 0 saturated carbocycles. The third-order valence-corrected chi connectivity index (χ3v) is 5.54. The zero-order valence-electron chi connectivity index (χ0n) is 17.2. The standard InChI is InChI=1S/C26H21Cl2NO2/c1-3-31-23-12-5-18(6-13-23)14-20-15-25(19-7-10-21(27)11-8-19)29(26(20)30)24-16-22(28)9-4-17(24)2/h4-16H,3H2,1-2H3/b20-14+. The van der Waals surface area contributed by atoms with Crippen molar-refractivity contribution in [3.05, 3.63) is 105 Å². The second-order valence-electron chi connectivity index (χ2n) is 7.21. The summed E-state index contributed by atoms with van der Waals surface area (Å²) in [7, 11) is 0. The van der Waals surface area contributed by atoms with Crippen molar-refractivity contribution in [3.63, 3.8) is 0 Å². The van der Waals surface area contributed by atoms with Gasteiger partial charge in [-0.25, -0.2) is 0 Å². The normalized spacial score (nSPS) is 14.8. The van der Waals surface area contributed by atoms with Crippen molar-refractivity contribution in [1.29, 1.82) is 0 Å². The molecule has 1 aliphatic heterocycles. The molecule has 0 unspecified atom stereocenters. The number of aryl methyl sites for hydroxylation is 1. The number of hydrogen-bond acceptors (Lipinski definition) is 2. The van der Waals surface area contributed by atoms with Crippen LogP contribution < -0.4 is 9.64 Å². The van der Waals surface area contributed by atoms with Crippen LogP contribution in [-0.4, -0.2) is 12.5 Å². The van der Waals surface area contributed by atoms with Gasteiger partial charge in [0.1, 0.15) is 5.75 Å². The zero-order chi connectivity index (χ0) is 22.0. The van der Waals surface area contributed by atoms with Crippen molar-refractivity contribution < 1.29 is 9.53 Å². The molecule has 1 aliphatic rings. The second-order valence-corrected chi connectivity index (χ2v) is 8.08. The number of amides is 1. The van der Waals surface area contributed by atoms with Gasteiger partial charge in [0, 0.05) is 15.6 Å². The van der Waals surface area contributed by atoms with Gasteiger partial charge in [0.25, 0.3) is 5.91 Å². The van der Waals surface area contributed by atoms with E-state index in [2.05, 4.69) is 0 Å². The van der Waals surface area contributed by atoms with E-state index in [1.807, 2.05) is 92.7 Å². The Morgan fingerprint density at radius 3 is 2.29 bits per heavy atom. The van der Waals surface area contributed by atoms with Crippen LogP contribution in [-0.2, 0) is 4.79 Å². The van der Waals surface area contributed by atoms with Crippen LogP contribution in [0.1, 0.15) is 23.6 Å². The average molecular weight is 450 g/mol. The Morgan fingerprint density at radius 2 is 1.61 bits per heavy atom. The number of nitrogens with zero attached hydrogens (tertiary/aromatic N) is 1. The Labute approximate surface area is 192 Å². The highest BCUT2D eigenvalue weighted by molar-refractivity contribution is 6.32. The molecule has 3 aromatic rings. The molecule has 0 aromatic heterocycles. The third kappa shape index (κ3) is 4.53. The molecule has 0 spiro atoms. The molecule has 3 aromatic carbocycles. The summed E-state index contributed by atoms with van der Waals surface area (Å²) < 4.78 is 5.50. The second kappa shape index (κ2) is 9.01. The quantitative estimate of drug-likeness (QED) is 0.386. The molecule has 156 valence electrons. The maximum absolute atomic E-state index is 13.5. The van der Waals surface area contributed by atoms with Crippen LogP contribution >= 0.6 is 23.2 Å². The number of carbonyl (C=O) groups excluding carboxylic acids is 1. The molecular weight excluding hydrogens is 429 g/mol. The molecule has 0 aliphatic carbocycles. The molecule has 31 heavy (non-hydrogen) atoms. The van der Waals surface area contributed by atoms with Gasteiger partial charge in [0.05, 0.1) is 18.0 Å². The number of hydrogen-bond donors (Lipinski definition) is 0. The van der Waals surface area contributed by atoms with Gasteiger partial charge in [-0.1, -0.05) is 53.5 Å². The molecule has 3 nitrogen and oxygen atoms in total. The van der Waals surface area contributed by atoms with Gasteiger partial charge in [-0.15, -0.1) is 0 Å². The molecule has 1 heterocycles. The number of anilines is 1. The van der Waals surface area contributed by atoms with Gasteiger partial charge >= 0.3 is 0 Å². The fourth-order valence-electron chi connectivity index (χ4n) is 3.52. The lowest BCUT2D eigenvalue weighted by Crippen LogP contribution is -2.25. The lowest BCUT2D eigenvalue weighted by molar-refractivity contribution is -0.113. The molecule has 0 fully saturated rings. The molecule has 5 heteroatoms. The van der Waals surface area contributed by atoms with E-state index in [1.54, 1.807) is 4.90 Å². The maximum Gasteiger partial charge on any atom is 0.262 e. The van der Waals surface area contributed by atoms with E-state index in [1.165, 1.54) is 0 Å². The Morgan fingerprint density at radius 1 is 0.935 bits per heavy atom. The van der Waals surface area contributed by atoms with Crippen molar-refractivity contribution in [2.24, 2.45) is 0 Å². The van der Waals surface area contributed by atoms with Crippen molar-refractivity contribution >= 4 is 46.6 Å². The van der Waals surface area contributed by atoms with E-state index < -0.39 is 0 Å². The van der Waals surface area contributed by atoms with Gasteiger partial charge < -0.3 is 4.74 Å². The van der Waals surface area contributed by atoms with E-state index in [9.17, 15) is 4.79 Å². The minimum absolute atomic E-state index is 0.107. The number of carbonyl (C=O) groups is 1. The van der Waals surface area contributed by atoms with Crippen LogP contribution in [0.4, 0.5) is 5.69 Å². The van der Waals surface area contributed by atoms with Crippen molar-refractivity contribution in [3.8, 4) is 5.75 Å². The molecular formula is C26H21Cl2NO2. The van der Waals surface area contributed by atoms with Gasteiger partial charge in [-0.3, -0.25) is 9.69 Å². The summed E-state index contributed by atoms with van der Waals surface area (Å²) >= 11 is 12.3. The molecule has 4 rings (SSSR count). The Hall–Kier alpha value is -3.01. The number of rotatable bonds is 5. The zero-order valence-corrected chi connectivity index (χ0v) is 18.7. The van der Waals surface area contributed by atoms with Crippen molar-refractivity contribution in [1.82, 2.24) is 0 Å². The van der Waals surface area contributed by atoms with E-state index in [0.29, 0.717) is 22.2 Å². The summed E-state index contributed by atoms with van der Waals surface area (Å²) in [4.78, 5) is 15.2. The fourth-order valence-corrected chi connectivity index (χ4v) is 3.81. The maximum atomic E-state index is 13.5. The summed E-state index contributed by atoms with van der Waals surface area (Å²) in [6.07, 6.45) is 3.79. The molecule has 0 radical (unpaired) electrons. The first-order valence-corrected chi connectivity index (χ1v) is 10.7. The monoisotopic (exact) mass is 449 g/mol. The minimum Gasteiger partial charge on any atom is -0.494 e. The van der Waals surface area contributed by atoms with Crippen molar-refractivity contribution in [2.45, 2.75) is 13.8 Å². The Kier molecular flexibility index (Phi) is 6.17. The fraction of sp³-hybridized carbons (Fsp3) is 0.115. The topological polar surface area (TPSA) is 29.5 Å². The smallest absolute Gasteiger partial charge is 0.262 e. The third-order valence-electron chi connectivity index (χ3n) is 5.05. The largest absolute Gasteiger partial charge is 0.494 e. The van der Waals surface area contributed by atoms with Crippen LogP contribution in [0.3, 0.4) is 0 Å². The first-order valence-electron chi connectivity index (χ1n) is 9.99. The summed E-state index contributed by atoms with van der Waals surface area (Å²) in [5, 5.41) is 1.22. The van der Waals surface area contributed by atoms with E-state index in [-0.39, 0.29) is 5.91 Å². The lowest BCUT2D eigenvalue weighted by Gasteiger charge is -2.23. The highest BCUT2D eigenvalue weighted by Gasteiger charge is 2.31. The van der Waals surface area contributed by atoms with Gasteiger partial charge in [0.15, 0.2) is 0 Å². The highest BCUT2D eigenvalue weighted by atomic mass is 35.5. The van der Waals surface area contributed by atoms with Crippen LogP contribution in [0.15, 0.2) is 78.4 Å². The summed E-state index contributed by atoms with van der Waals surface area (Å²) in [6.45, 7) is 4.52. The number of halogens is 2. The molecule has 0 saturated heterocycles. The molecule has 0 N–H and O–H groups in total. The van der Waals surface area contributed by atoms with Crippen LogP contribution in [0.25, 0.3) is 11.8 Å². The highest BCUT2D eigenvalue weighted by Crippen LogP contribution is 2.38. The molecule has 0 bridgehead atoms. The van der Waals surface area contributed by atoms with E-state index in [0.717, 1.165) is 33.8 Å². The predicted molar refractivity (Wildman–Crippen MR) is 129 cm³/mol. The summed E-state index contributed by atoms with van der Waals surface area (Å²) in [6, 6.07) is 20.7. The predicted octanol–water partition coefficient (Wildman–Crippen LogP) is 7.17. The average Bonchev–Trinajstić information content (AvgIpc) is 3.08. The summed E-state index contributed by atoms with van der Waals surface area (Å²) in [5.74, 6) is 0.695. The minimum atomic E-state index is -0.107. The number of benzene rings is 3. The van der Waals surface area contributed by atoms with Crippen LogP contribution in [0.2, 0.25) is 10.0 Å². The first-order chi connectivity index (χ1) is 15.0. The molecule has 0 atom stereocenters. The SMILES string of the molecule is CCOc1ccc(/C=C2\C=C(c3ccc(Cl)cc3)N(c3cc(Cl)ccc3C)C2=O)cc1. The van der Waals surface area contributed by atoms with Gasteiger partial charge in [0.2, 0.25) is 0 Å². The Balaban J connectivity index is 1.79. The van der Waals surface area contributed by atoms with Crippen LogP contribution in [0.5, 0.6) is 5.75 Å². The van der Waals surface area contributed by atoms with Crippen molar-refractivity contribution in [2.75, 3.05) is 11.5 Å². The summed E-state index contributed by atoms with van der Waals surface area (Å²) in [5.41, 5.74) is 4.90. The first kappa shape index (κ1) is 21.2.